The average molecular weight is 328 g/mol. The van der Waals surface area contributed by atoms with Crippen LogP contribution in [0.1, 0.15) is 70.0 Å². The highest BCUT2D eigenvalue weighted by atomic mass is 16.2. The summed E-state index contributed by atoms with van der Waals surface area (Å²) < 4.78 is 0. The summed E-state index contributed by atoms with van der Waals surface area (Å²) in [7, 11) is 0. The molecule has 2 heterocycles. The third-order valence-corrected chi connectivity index (χ3v) is 5.33. The second-order valence-corrected chi connectivity index (χ2v) is 8.20. The van der Waals surface area contributed by atoms with Gasteiger partial charge in [-0.2, -0.15) is 0 Å². The Morgan fingerprint density at radius 1 is 0.958 bits per heavy atom. The number of carbonyl (C=O) groups excluding carboxylic acids is 2. The molecule has 3 atom stereocenters. The van der Waals surface area contributed by atoms with Crippen molar-refractivity contribution in [1.29, 1.82) is 0 Å². The Morgan fingerprint density at radius 3 is 2.04 bits per heavy atom. The van der Waals surface area contributed by atoms with E-state index in [2.05, 4.69) is 55.7 Å². The number of amides is 2. The lowest BCUT2D eigenvalue weighted by Gasteiger charge is -2.40. The predicted octanol–water partition coefficient (Wildman–Crippen LogP) is 3.22. The minimum atomic E-state index is 0.153. The van der Waals surface area contributed by atoms with E-state index in [0.29, 0.717) is 24.3 Å². The summed E-state index contributed by atoms with van der Waals surface area (Å²) in [5.41, 5.74) is 2.74. The number of β-lactam (4-membered cyclic amide) rings is 2. The fourth-order valence-corrected chi connectivity index (χ4v) is 3.59. The van der Waals surface area contributed by atoms with Crippen LogP contribution in [-0.2, 0) is 15.0 Å². The molecule has 3 aliphatic rings. The van der Waals surface area contributed by atoms with Crippen molar-refractivity contribution in [2.24, 2.45) is 5.92 Å². The molecule has 0 aromatic heterocycles. The Kier molecular flexibility index (Phi) is 4.66. The molecular formula is C20H28N2O2. The Balaban J connectivity index is 0.000000159. The van der Waals surface area contributed by atoms with Gasteiger partial charge in [0, 0.05) is 6.04 Å². The van der Waals surface area contributed by atoms with Gasteiger partial charge in [-0.1, -0.05) is 57.9 Å². The van der Waals surface area contributed by atoms with Crippen LogP contribution < -0.4 is 10.6 Å². The van der Waals surface area contributed by atoms with E-state index in [9.17, 15) is 9.59 Å². The van der Waals surface area contributed by atoms with Crippen LogP contribution in [0.3, 0.4) is 0 Å². The maximum atomic E-state index is 10.8. The van der Waals surface area contributed by atoms with Crippen LogP contribution in [0.5, 0.6) is 0 Å². The molecule has 1 aromatic carbocycles. The molecule has 130 valence electrons. The maximum absolute atomic E-state index is 10.8. The molecular weight excluding hydrogens is 300 g/mol. The minimum absolute atomic E-state index is 0.153. The molecule has 4 rings (SSSR count). The molecule has 4 heteroatoms. The first-order chi connectivity index (χ1) is 11.3. The smallest absolute Gasteiger partial charge is 0.225 e. The molecule has 0 radical (unpaired) electrons. The zero-order valence-electron chi connectivity index (χ0n) is 14.9. The number of benzene rings is 1. The van der Waals surface area contributed by atoms with E-state index in [1.54, 1.807) is 0 Å². The van der Waals surface area contributed by atoms with E-state index >= 15 is 0 Å². The van der Waals surface area contributed by atoms with E-state index in [1.165, 1.54) is 30.4 Å². The van der Waals surface area contributed by atoms with Crippen molar-refractivity contribution in [3.05, 3.63) is 35.4 Å². The van der Waals surface area contributed by atoms with Crippen LogP contribution in [0.25, 0.3) is 0 Å². The van der Waals surface area contributed by atoms with Gasteiger partial charge in [0.2, 0.25) is 11.8 Å². The molecule has 1 aliphatic carbocycles. The van der Waals surface area contributed by atoms with Gasteiger partial charge in [0.25, 0.3) is 0 Å². The Labute approximate surface area is 144 Å². The first-order valence-corrected chi connectivity index (χ1v) is 9.05. The van der Waals surface area contributed by atoms with Crippen molar-refractivity contribution in [3.8, 4) is 0 Å². The lowest BCUT2D eigenvalue weighted by molar-refractivity contribution is -0.136. The summed E-state index contributed by atoms with van der Waals surface area (Å²) in [6, 6.07) is 9.34. The largest absolute Gasteiger partial charge is 0.352 e. The quantitative estimate of drug-likeness (QED) is 0.778. The van der Waals surface area contributed by atoms with Crippen molar-refractivity contribution in [3.63, 3.8) is 0 Å². The monoisotopic (exact) mass is 328 g/mol. The minimum Gasteiger partial charge on any atom is -0.352 e. The van der Waals surface area contributed by atoms with E-state index in [0.717, 1.165) is 6.42 Å². The van der Waals surface area contributed by atoms with Gasteiger partial charge in [0.05, 0.1) is 18.4 Å². The number of rotatable bonds is 1. The van der Waals surface area contributed by atoms with Crippen LogP contribution in [0.4, 0.5) is 0 Å². The van der Waals surface area contributed by atoms with Crippen LogP contribution in [0, 0.1) is 5.92 Å². The first-order valence-electron chi connectivity index (χ1n) is 9.05. The number of hydrogen-bond acceptors (Lipinski definition) is 2. The lowest BCUT2D eigenvalue weighted by atomic mass is 9.78. The van der Waals surface area contributed by atoms with Crippen molar-refractivity contribution in [2.75, 3.05) is 0 Å². The van der Waals surface area contributed by atoms with Gasteiger partial charge in [0.1, 0.15) is 0 Å². The maximum Gasteiger partial charge on any atom is 0.225 e. The van der Waals surface area contributed by atoms with E-state index < -0.39 is 0 Å². The second kappa shape index (κ2) is 6.58. The molecule has 2 saturated heterocycles. The fraction of sp³-hybridized carbons (Fsp3) is 0.600. The standard InChI is InChI=1S/C13H17NO.C7H11NO/c1-13(2,3)10-6-4-9(5-7-10)11-8-12(15)14-11;9-7-5-3-1-2-4-6(5)8-7/h4-7,11H,8H2,1-3H3,(H,14,15);5-6H,1-4H2,(H,8,9)/t;5?,6-/m.1/s1. The highest BCUT2D eigenvalue weighted by Gasteiger charge is 2.39. The topological polar surface area (TPSA) is 58.2 Å². The van der Waals surface area contributed by atoms with Gasteiger partial charge in [-0.3, -0.25) is 9.59 Å². The first kappa shape index (κ1) is 17.0. The van der Waals surface area contributed by atoms with Crippen LogP contribution in [0.15, 0.2) is 24.3 Å². The summed E-state index contributed by atoms with van der Waals surface area (Å²) in [6.45, 7) is 6.60. The van der Waals surface area contributed by atoms with Gasteiger partial charge in [0.15, 0.2) is 0 Å². The van der Waals surface area contributed by atoms with Gasteiger partial charge in [-0.15, -0.1) is 0 Å². The van der Waals surface area contributed by atoms with Crippen molar-refractivity contribution in [2.45, 2.75) is 70.4 Å². The van der Waals surface area contributed by atoms with Gasteiger partial charge < -0.3 is 10.6 Å². The second-order valence-electron chi connectivity index (χ2n) is 8.20. The molecule has 1 saturated carbocycles. The molecule has 0 spiro atoms. The Bertz CT molecular complexity index is 608. The van der Waals surface area contributed by atoms with Crippen molar-refractivity contribution < 1.29 is 9.59 Å². The number of nitrogens with one attached hydrogen (secondary N) is 2. The Hall–Kier alpha value is -1.84. The lowest BCUT2D eigenvalue weighted by Crippen LogP contribution is -2.59. The summed E-state index contributed by atoms with van der Waals surface area (Å²) in [5.74, 6) is 0.846. The average Bonchev–Trinajstić information content (AvgIpc) is 2.51. The summed E-state index contributed by atoms with van der Waals surface area (Å²) in [4.78, 5) is 21.6. The molecule has 0 bridgehead atoms. The molecule has 24 heavy (non-hydrogen) atoms. The third-order valence-electron chi connectivity index (χ3n) is 5.33. The molecule has 3 fully saturated rings. The van der Waals surface area contributed by atoms with Crippen LogP contribution >= 0.6 is 0 Å². The zero-order valence-corrected chi connectivity index (χ0v) is 14.9. The predicted molar refractivity (Wildman–Crippen MR) is 94.5 cm³/mol. The zero-order chi connectivity index (χ0) is 17.3. The van der Waals surface area contributed by atoms with Gasteiger partial charge >= 0.3 is 0 Å². The highest BCUT2D eigenvalue weighted by molar-refractivity contribution is 5.85. The van der Waals surface area contributed by atoms with Crippen LogP contribution in [0.2, 0.25) is 0 Å². The van der Waals surface area contributed by atoms with Crippen molar-refractivity contribution >= 4 is 11.8 Å². The summed E-state index contributed by atoms with van der Waals surface area (Å²) >= 11 is 0. The summed E-state index contributed by atoms with van der Waals surface area (Å²) in [5, 5.41) is 5.78. The van der Waals surface area contributed by atoms with Gasteiger partial charge in [-0.05, 0) is 29.4 Å². The number of hydrogen-bond donors (Lipinski definition) is 2. The third kappa shape index (κ3) is 3.63. The van der Waals surface area contributed by atoms with Gasteiger partial charge in [-0.25, -0.2) is 0 Å². The Morgan fingerprint density at radius 2 is 1.58 bits per heavy atom. The molecule has 4 nitrogen and oxygen atoms in total. The molecule has 1 aromatic rings. The highest BCUT2D eigenvalue weighted by Crippen LogP contribution is 2.30. The molecule has 2 amide bonds. The van der Waals surface area contributed by atoms with E-state index in [1.807, 2.05) is 0 Å². The van der Waals surface area contributed by atoms with Crippen molar-refractivity contribution in [1.82, 2.24) is 10.6 Å². The SMILES string of the molecule is CC(C)(C)c1ccc(C2CC(=O)N2)cc1.O=C1N[C@@H]2CCCCC12. The molecule has 2 unspecified atom stereocenters. The van der Waals surface area contributed by atoms with Crippen LogP contribution in [-0.4, -0.2) is 17.9 Å². The normalized spacial score (nSPS) is 28.2. The fourth-order valence-electron chi connectivity index (χ4n) is 3.59. The van der Waals surface area contributed by atoms with E-state index in [4.69, 9.17) is 0 Å². The molecule has 2 aliphatic heterocycles. The number of fused-ring (bicyclic) bond motifs is 1. The summed E-state index contributed by atoms with van der Waals surface area (Å²) in [6.07, 6.45) is 5.55. The van der Waals surface area contributed by atoms with E-state index in [-0.39, 0.29) is 17.4 Å². The number of carbonyl (C=O) groups is 2. The molecule has 2 N–H and O–H groups in total.